The van der Waals surface area contributed by atoms with Crippen molar-refractivity contribution < 1.29 is 85.7 Å². The predicted molar refractivity (Wildman–Crippen MR) is 335 cm³/mol. The minimum Gasteiger partial charge on any atom is -0.493 e. The smallest absolute Gasteiger partial charge is 0.339 e. The van der Waals surface area contributed by atoms with Crippen LogP contribution in [0.15, 0.2) is 121 Å². The Morgan fingerprint density at radius 3 is 1.13 bits per heavy atom. The summed E-state index contributed by atoms with van der Waals surface area (Å²) in [6.45, 7) is 0. The summed E-state index contributed by atoms with van der Waals surface area (Å²) in [5.74, 6) is 6.31. The van der Waals surface area contributed by atoms with Crippen LogP contribution in [-0.2, 0) is 4.74 Å². The zero-order chi connectivity index (χ0) is 62.2. The fourth-order valence-corrected chi connectivity index (χ4v) is 10.1. The highest BCUT2D eigenvalue weighted by atomic mass is 35.5. The van der Waals surface area contributed by atoms with Gasteiger partial charge in [-0.2, -0.15) is 0 Å². The SMILES string of the molecule is C.COc1cc(C(=O)Cl)cc(OC)c1OC.COc1cc(C(=O)OC2C[C@@H](c3cc(OC)c(OC)c(OC)c3)Oc3c2ccc2ccccc32)cc(OC)c1OC.COc1cc([C@@H]2CC(O)c3ccc4ccccc4c3O2)cc(OC)c1OC.ClCCl. The van der Waals surface area contributed by atoms with Crippen LogP contribution in [0.1, 0.15) is 87.7 Å². The molecule has 2 heterocycles. The third-order valence-corrected chi connectivity index (χ3v) is 14.3. The van der Waals surface area contributed by atoms with Crippen molar-refractivity contribution in [3.63, 3.8) is 0 Å². The van der Waals surface area contributed by atoms with Crippen molar-refractivity contribution >= 4 is 67.6 Å². The maximum absolute atomic E-state index is 13.6. The molecule has 2 unspecified atom stereocenters. The number of aliphatic hydroxyl groups excluding tert-OH is 1. The fraction of sp³-hybridized carbons (Fsp3) is 0.303. The molecule has 0 aliphatic carbocycles. The first-order valence-corrected chi connectivity index (χ1v) is 27.9. The minimum absolute atomic E-state index is 0. The highest BCUT2D eigenvalue weighted by Crippen LogP contribution is 2.51. The number of carbonyl (C=O) groups is 2. The summed E-state index contributed by atoms with van der Waals surface area (Å²) in [7, 11) is 18.3. The van der Waals surface area contributed by atoms with Crippen molar-refractivity contribution in [3.8, 4) is 80.5 Å². The van der Waals surface area contributed by atoms with E-state index in [0.29, 0.717) is 93.1 Å². The van der Waals surface area contributed by atoms with Crippen molar-refractivity contribution in [2.75, 3.05) is 90.7 Å². The molecular weight excluding hydrogens is 1190 g/mol. The fourth-order valence-electron chi connectivity index (χ4n) is 10.0. The lowest BCUT2D eigenvalue weighted by molar-refractivity contribution is 0.00716. The van der Waals surface area contributed by atoms with Crippen molar-refractivity contribution in [3.05, 3.63) is 155 Å². The zero-order valence-corrected chi connectivity index (χ0v) is 51.8. The molecule has 87 heavy (non-hydrogen) atoms. The molecule has 2 aliphatic rings. The van der Waals surface area contributed by atoms with Gasteiger partial charge in [0.05, 0.1) is 102 Å². The number of methoxy groups -OCH3 is 12. The van der Waals surface area contributed by atoms with E-state index >= 15 is 0 Å². The lowest BCUT2D eigenvalue weighted by Crippen LogP contribution is -2.23. The second-order valence-electron chi connectivity index (χ2n) is 18.6. The second kappa shape index (κ2) is 31.7. The molecule has 464 valence electrons. The Hall–Kier alpha value is -8.55. The van der Waals surface area contributed by atoms with Crippen LogP contribution in [0.2, 0.25) is 0 Å². The number of halogens is 3. The summed E-state index contributed by atoms with van der Waals surface area (Å²) in [5.41, 5.74) is 3.79. The summed E-state index contributed by atoms with van der Waals surface area (Å²) in [5, 5.41) is 14.3. The van der Waals surface area contributed by atoms with Crippen molar-refractivity contribution in [2.24, 2.45) is 0 Å². The topological polar surface area (TPSA) is 193 Å². The first-order valence-electron chi connectivity index (χ1n) is 26.4. The van der Waals surface area contributed by atoms with E-state index in [1.54, 1.807) is 54.8 Å². The van der Waals surface area contributed by atoms with E-state index in [4.69, 9.17) is 106 Å². The molecule has 0 saturated heterocycles. The Labute approximate surface area is 521 Å². The molecule has 0 saturated carbocycles. The third-order valence-electron chi connectivity index (χ3n) is 14.1. The molecule has 0 amide bonds. The Morgan fingerprint density at radius 2 is 0.770 bits per heavy atom. The molecule has 0 radical (unpaired) electrons. The number of esters is 1. The highest BCUT2D eigenvalue weighted by molar-refractivity contribution is 6.67. The Balaban J connectivity index is 0.000000225. The summed E-state index contributed by atoms with van der Waals surface area (Å²) < 4.78 is 83.6. The molecule has 0 bridgehead atoms. The molecule has 0 aromatic heterocycles. The van der Waals surface area contributed by atoms with E-state index in [1.807, 2.05) is 97.1 Å². The quantitative estimate of drug-likeness (QED) is 0.0513. The van der Waals surface area contributed by atoms with Gasteiger partial charge >= 0.3 is 5.97 Å². The van der Waals surface area contributed by atoms with E-state index < -0.39 is 29.5 Å². The van der Waals surface area contributed by atoms with Crippen LogP contribution in [0.4, 0.5) is 0 Å². The number of benzene rings is 8. The Bertz CT molecular complexity index is 3550. The van der Waals surface area contributed by atoms with E-state index in [-0.39, 0.29) is 24.4 Å². The van der Waals surface area contributed by atoms with Crippen LogP contribution >= 0.6 is 34.8 Å². The first kappa shape index (κ1) is 67.6. The summed E-state index contributed by atoms with van der Waals surface area (Å²) in [4.78, 5) is 24.6. The van der Waals surface area contributed by atoms with Crippen LogP contribution in [0.25, 0.3) is 21.5 Å². The van der Waals surface area contributed by atoms with Gasteiger partial charge < -0.3 is 76.2 Å². The second-order valence-corrected chi connectivity index (χ2v) is 19.8. The van der Waals surface area contributed by atoms with Gasteiger partial charge in [-0.25, -0.2) is 4.79 Å². The zero-order valence-electron chi connectivity index (χ0n) is 49.5. The first-order chi connectivity index (χ1) is 41.7. The van der Waals surface area contributed by atoms with Crippen molar-refractivity contribution in [1.29, 1.82) is 0 Å². The van der Waals surface area contributed by atoms with Gasteiger partial charge in [0.1, 0.15) is 29.8 Å². The van der Waals surface area contributed by atoms with Crippen LogP contribution in [0.5, 0.6) is 80.5 Å². The van der Waals surface area contributed by atoms with Crippen LogP contribution in [0, 0.1) is 0 Å². The summed E-state index contributed by atoms with van der Waals surface area (Å²) in [6, 6.07) is 37.4. The molecule has 0 fully saturated rings. The number of hydrogen-bond donors (Lipinski definition) is 1. The Kier molecular flexibility index (Phi) is 24.6. The number of alkyl halides is 2. The highest BCUT2D eigenvalue weighted by Gasteiger charge is 2.36. The number of carbonyl (C=O) groups excluding carboxylic acids is 2. The average molecular weight is 1260 g/mol. The van der Waals surface area contributed by atoms with Crippen molar-refractivity contribution in [1.82, 2.24) is 0 Å². The molecule has 0 spiro atoms. The molecule has 8 aromatic carbocycles. The van der Waals surface area contributed by atoms with Crippen LogP contribution in [-0.4, -0.2) is 107 Å². The van der Waals surface area contributed by atoms with Gasteiger partial charge in [0.25, 0.3) is 5.24 Å². The standard InChI is InChI=1S/C32H32O9.C22H22O5.C10H11ClO4.CH2Cl2.CH4/c1-34-25-13-19(14-26(35-2)30(25)38-5)23-17-24(22-12-11-18-9-7-8-10-21(18)29(22)40-23)41-32(33)20-15-27(36-3)31(39-6)28(16-20)37-4;1-24-19-10-14(11-20(25-2)22(19)26-3)18-12-17(23)16-9-8-13-6-4-5-7-15(13)21(16)27-18;1-13-7-4-6(10(11)12)5-8(14-2)9(7)15-3;2-1-3;/h7-16,23-24H,17H2,1-6H3;4-11,17-18,23H,12H2,1-3H3;4-5H,1-3H3;1H2;1H4/t23-,24?;17?,18-;;;/m00.../s1. The number of aliphatic hydroxyl groups is 1. The van der Waals surface area contributed by atoms with Crippen LogP contribution in [0.3, 0.4) is 0 Å². The summed E-state index contributed by atoms with van der Waals surface area (Å²) in [6.07, 6.45) is -1.25. The lowest BCUT2D eigenvalue weighted by Gasteiger charge is -2.33. The van der Waals surface area contributed by atoms with Gasteiger partial charge in [-0.1, -0.05) is 80.2 Å². The summed E-state index contributed by atoms with van der Waals surface area (Å²) >= 11 is 14.9. The van der Waals surface area contributed by atoms with E-state index in [2.05, 4.69) is 0 Å². The molecule has 2 aliphatic heterocycles. The lowest BCUT2D eigenvalue weighted by atomic mass is 9.92. The molecule has 8 aromatic rings. The maximum atomic E-state index is 13.6. The third kappa shape index (κ3) is 15.0. The number of rotatable bonds is 17. The Morgan fingerprint density at radius 1 is 0.448 bits per heavy atom. The molecule has 21 heteroatoms. The van der Waals surface area contributed by atoms with E-state index in [1.165, 1.54) is 54.8 Å². The minimum atomic E-state index is -0.626. The predicted octanol–water partition coefficient (Wildman–Crippen LogP) is 14.9. The van der Waals surface area contributed by atoms with Gasteiger partial charge in [-0.15, -0.1) is 23.2 Å². The molecule has 18 nitrogen and oxygen atoms in total. The number of fused-ring (bicyclic) bond motifs is 6. The van der Waals surface area contributed by atoms with Gasteiger partial charge in [0, 0.05) is 51.4 Å². The molecule has 4 atom stereocenters. The van der Waals surface area contributed by atoms with Gasteiger partial charge in [-0.3, -0.25) is 4.79 Å². The average Bonchev–Trinajstić information content (AvgIpc) is 1.49. The van der Waals surface area contributed by atoms with Gasteiger partial charge in [-0.05, 0) is 70.9 Å². The molecular formula is C66H71Cl3O18. The van der Waals surface area contributed by atoms with E-state index in [0.717, 1.165) is 49.5 Å². The number of ether oxygens (including phenoxy) is 15. The number of hydrogen-bond acceptors (Lipinski definition) is 18. The largest absolute Gasteiger partial charge is 0.493 e. The monoisotopic (exact) mass is 1260 g/mol. The van der Waals surface area contributed by atoms with E-state index in [9.17, 15) is 14.7 Å². The maximum Gasteiger partial charge on any atom is 0.339 e. The van der Waals surface area contributed by atoms with Crippen molar-refractivity contribution in [2.45, 2.75) is 44.7 Å². The van der Waals surface area contributed by atoms with Crippen LogP contribution < -0.4 is 66.3 Å². The molecule has 1 N–H and O–H groups in total. The molecule has 10 rings (SSSR count). The van der Waals surface area contributed by atoms with Gasteiger partial charge in [0.2, 0.25) is 23.0 Å². The normalized spacial score (nSPS) is 15.0. The van der Waals surface area contributed by atoms with Gasteiger partial charge in [0.15, 0.2) is 46.0 Å².